The van der Waals surface area contributed by atoms with E-state index in [0.717, 1.165) is 166 Å². The monoisotopic (exact) mass is 1260 g/mol. The summed E-state index contributed by atoms with van der Waals surface area (Å²) >= 11 is 8.01. The number of para-hydroxylation sites is 5. The van der Waals surface area contributed by atoms with Gasteiger partial charge in [0.15, 0.2) is 23.1 Å². The first kappa shape index (κ1) is 65.5. The van der Waals surface area contributed by atoms with Crippen LogP contribution in [0.3, 0.4) is 0 Å². The van der Waals surface area contributed by atoms with Crippen LogP contribution < -0.4 is 9.64 Å². The zero-order valence-electron chi connectivity index (χ0n) is 52.0. The standard InChI is InChI=1S/C25H26F2N2O2.C24H27ClN2O3.C24H29N3OS/c1-17(30)22-16-29(24-6-3-2-5-20(22)24)12-4-11-28-13-9-18(10-14-28)25(31)21-8-7-19(26)15-23(21)27;1-17(28)21-16-27(23-8-4-2-6-20(21)23)15-18(29)14-26-12-10-19(11-13-26)30-24-9-5-3-7-22(24)25;1-19(28)21-18-27(22-9-4-3-8-20(21)22)13-7-12-25-14-16-26(17-15-25)23-10-5-6-11-24(23)29-2/h2-3,5-8,15-16,18H,4,9-14H2,1H3;2-9,16,18-19,29H,10-15H2,1H3;3-6,8-11,18H,7,12-17H2,1-2H3. The molecular formula is C73H82ClF2N7O6S. The number of carbonyl (C=O) groups excluding carboxylic acids is 4. The predicted octanol–water partition coefficient (Wildman–Crippen LogP) is 14.3. The molecule has 0 saturated carbocycles. The number of ether oxygens (including phenoxy) is 1. The molecule has 3 saturated heterocycles. The largest absolute Gasteiger partial charge is 0.489 e. The molecule has 3 aliphatic heterocycles. The number of rotatable bonds is 21. The van der Waals surface area contributed by atoms with E-state index in [0.29, 0.717) is 36.5 Å². The Hall–Kier alpha value is -7.44. The number of aliphatic hydroxyl groups is 1. The number of carbonyl (C=O) groups is 4. The average molecular weight is 1260 g/mol. The molecule has 13 nitrogen and oxygen atoms in total. The van der Waals surface area contributed by atoms with Crippen LogP contribution in [0.2, 0.25) is 5.02 Å². The average Bonchev–Trinajstić information content (AvgIpc) is 2.01. The third-order valence-electron chi connectivity index (χ3n) is 17.7. The number of thioether (sulfide) groups is 1. The Balaban J connectivity index is 0.000000149. The number of piperidine rings is 2. The van der Waals surface area contributed by atoms with Crippen LogP contribution in [-0.2, 0) is 19.6 Å². The van der Waals surface area contributed by atoms with Crippen LogP contribution in [0.4, 0.5) is 14.5 Å². The van der Waals surface area contributed by atoms with E-state index >= 15 is 0 Å². The number of hydrogen-bond donors (Lipinski definition) is 1. The van der Waals surface area contributed by atoms with Crippen molar-refractivity contribution in [3.05, 3.63) is 197 Å². The molecule has 0 spiro atoms. The summed E-state index contributed by atoms with van der Waals surface area (Å²) in [5, 5.41) is 14.3. The van der Waals surface area contributed by atoms with Gasteiger partial charge in [0, 0.05) is 150 Å². The topological polar surface area (TPSA) is 125 Å². The van der Waals surface area contributed by atoms with Gasteiger partial charge in [0.05, 0.1) is 22.4 Å². The first-order valence-electron chi connectivity index (χ1n) is 31.5. The minimum absolute atomic E-state index is 0.0133. The van der Waals surface area contributed by atoms with E-state index in [9.17, 15) is 33.1 Å². The second-order valence-electron chi connectivity index (χ2n) is 23.9. The molecule has 3 aromatic heterocycles. The number of Topliss-reactive ketones (excluding diaryl/α,β-unsaturated/α-hetero) is 4. The van der Waals surface area contributed by atoms with E-state index in [1.54, 1.807) is 20.8 Å². The maximum Gasteiger partial charge on any atom is 0.168 e. The van der Waals surface area contributed by atoms with Gasteiger partial charge >= 0.3 is 0 Å². The third kappa shape index (κ3) is 16.4. The Kier molecular flexibility index (Phi) is 22.6. The molecule has 3 fully saturated rings. The quantitative estimate of drug-likeness (QED) is 0.0546. The first-order chi connectivity index (χ1) is 43.6. The summed E-state index contributed by atoms with van der Waals surface area (Å²) < 4.78 is 39.5. The highest BCUT2D eigenvalue weighted by atomic mass is 35.5. The van der Waals surface area contributed by atoms with E-state index in [4.69, 9.17) is 16.3 Å². The van der Waals surface area contributed by atoms with Crippen molar-refractivity contribution in [2.24, 2.45) is 5.92 Å². The normalized spacial score (nSPS) is 15.8. The van der Waals surface area contributed by atoms with Crippen LogP contribution in [-0.4, -0.2) is 147 Å². The smallest absolute Gasteiger partial charge is 0.168 e. The number of piperazine rings is 1. The van der Waals surface area contributed by atoms with Crippen molar-refractivity contribution < 1.29 is 37.8 Å². The molecule has 0 radical (unpaired) electrons. The van der Waals surface area contributed by atoms with Gasteiger partial charge in [-0.05, 0) is 146 Å². The highest BCUT2D eigenvalue weighted by Gasteiger charge is 2.29. The molecule has 90 heavy (non-hydrogen) atoms. The summed E-state index contributed by atoms with van der Waals surface area (Å²) in [6.07, 6.45) is 12.8. The van der Waals surface area contributed by atoms with Crippen molar-refractivity contribution in [3.8, 4) is 5.75 Å². The van der Waals surface area contributed by atoms with Crippen LogP contribution >= 0.6 is 23.4 Å². The van der Waals surface area contributed by atoms with Crippen LogP contribution in [0.15, 0.2) is 163 Å². The van der Waals surface area contributed by atoms with Crippen LogP contribution in [0.1, 0.15) is 101 Å². The molecule has 6 aromatic carbocycles. The fourth-order valence-electron chi connectivity index (χ4n) is 13.0. The Labute approximate surface area is 536 Å². The van der Waals surface area contributed by atoms with E-state index in [1.807, 2.05) is 126 Å². The number of anilines is 1. The summed E-state index contributed by atoms with van der Waals surface area (Å²) in [5.41, 5.74) is 6.86. The molecule has 9 aromatic rings. The fraction of sp³-hybridized carbons (Fsp3) is 0.370. The highest BCUT2D eigenvalue weighted by molar-refractivity contribution is 7.98. The summed E-state index contributed by atoms with van der Waals surface area (Å²) in [6.45, 7) is 17.3. The highest BCUT2D eigenvalue weighted by Crippen LogP contribution is 2.32. The number of β-amino-alcohol motifs (C(OH)–C–C–N with tert-alkyl or cyclic N) is 1. The number of halogens is 3. The molecule has 1 unspecified atom stereocenters. The van der Waals surface area contributed by atoms with Crippen molar-refractivity contribution in [2.75, 3.05) is 83.1 Å². The fourth-order valence-corrected chi connectivity index (χ4v) is 13.8. The van der Waals surface area contributed by atoms with Crippen molar-refractivity contribution in [2.45, 2.75) is 96.0 Å². The molecule has 17 heteroatoms. The van der Waals surface area contributed by atoms with Crippen molar-refractivity contribution in [1.82, 2.24) is 28.4 Å². The van der Waals surface area contributed by atoms with Crippen molar-refractivity contribution in [1.29, 1.82) is 0 Å². The van der Waals surface area contributed by atoms with Gasteiger partial charge in [0.1, 0.15) is 23.5 Å². The van der Waals surface area contributed by atoms with Crippen LogP contribution in [0.5, 0.6) is 5.75 Å². The zero-order chi connectivity index (χ0) is 63.3. The minimum Gasteiger partial charge on any atom is -0.489 e. The van der Waals surface area contributed by atoms with Crippen molar-refractivity contribution in [3.63, 3.8) is 0 Å². The van der Waals surface area contributed by atoms with Gasteiger partial charge in [-0.2, -0.15) is 0 Å². The van der Waals surface area contributed by atoms with E-state index < -0.39 is 17.7 Å². The second-order valence-corrected chi connectivity index (χ2v) is 25.2. The number of nitrogens with zero attached hydrogens (tertiary/aromatic N) is 7. The molecule has 1 N–H and O–H groups in total. The predicted molar refractivity (Wildman–Crippen MR) is 359 cm³/mol. The lowest BCUT2D eigenvalue weighted by atomic mass is 9.88. The van der Waals surface area contributed by atoms with Gasteiger partial charge in [0.25, 0.3) is 0 Å². The number of aliphatic hydroxyl groups excluding tert-OH is 1. The number of likely N-dealkylation sites (tertiary alicyclic amines) is 2. The van der Waals surface area contributed by atoms with Gasteiger partial charge in [-0.3, -0.25) is 24.1 Å². The number of ketones is 4. The molecule has 0 bridgehead atoms. The summed E-state index contributed by atoms with van der Waals surface area (Å²) in [7, 11) is 0. The van der Waals surface area contributed by atoms with Gasteiger partial charge < -0.3 is 38.2 Å². The summed E-state index contributed by atoms with van der Waals surface area (Å²) in [4.78, 5) is 59.5. The number of fused-ring (bicyclic) bond motifs is 3. The third-order valence-corrected chi connectivity index (χ3v) is 18.8. The van der Waals surface area contributed by atoms with E-state index in [-0.39, 0.29) is 40.7 Å². The van der Waals surface area contributed by atoms with Gasteiger partial charge in [-0.15, -0.1) is 11.8 Å². The van der Waals surface area contributed by atoms with Gasteiger partial charge in [-0.25, -0.2) is 8.78 Å². The number of aryl methyl sites for hydroxylation is 2. The van der Waals surface area contributed by atoms with Gasteiger partial charge in [0.2, 0.25) is 0 Å². The molecule has 472 valence electrons. The molecule has 3 aliphatic rings. The minimum atomic E-state index is -0.781. The Morgan fingerprint density at radius 1 is 0.544 bits per heavy atom. The van der Waals surface area contributed by atoms with Crippen LogP contribution in [0, 0.1) is 17.6 Å². The van der Waals surface area contributed by atoms with Crippen molar-refractivity contribution >= 4 is 84.9 Å². The van der Waals surface area contributed by atoms with Crippen LogP contribution in [0.25, 0.3) is 32.7 Å². The molecular weight excluding hydrogens is 1180 g/mol. The molecule has 1 atom stereocenters. The Morgan fingerprint density at radius 2 is 1.02 bits per heavy atom. The number of benzene rings is 6. The lowest BCUT2D eigenvalue weighted by molar-refractivity contribution is 0.0553. The van der Waals surface area contributed by atoms with E-state index in [1.165, 1.54) is 16.6 Å². The molecule has 0 aliphatic carbocycles. The number of hydrogen-bond acceptors (Lipinski definition) is 11. The van der Waals surface area contributed by atoms with E-state index in [2.05, 4.69) is 65.3 Å². The lowest BCUT2D eigenvalue weighted by Gasteiger charge is -2.36. The Bertz CT molecular complexity index is 3930. The second kappa shape index (κ2) is 31.1. The summed E-state index contributed by atoms with van der Waals surface area (Å²) in [6, 6.07) is 43.4. The maximum atomic E-state index is 13.9. The Morgan fingerprint density at radius 3 is 1.56 bits per heavy atom. The molecule has 0 amide bonds. The SMILES string of the molecule is CC(=O)c1cn(CC(O)CN2CCC(Oc3ccccc3Cl)CC2)c2ccccc12.CC(=O)c1cn(CCCN2CCC(C(=O)c3ccc(F)cc3F)CC2)c2ccccc12.CSc1ccccc1N1CCN(CCCn2cc(C(C)=O)c3ccccc32)CC1. The maximum absolute atomic E-state index is 13.9. The summed E-state index contributed by atoms with van der Waals surface area (Å²) in [5.74, 6) is -0.916. The molecule has 12 rings (SSSR count). The zero-order valence-corrected chi connectivity index (χ0v) is 53.6. The lowest BCUT2D eigenvalue weighted by Crippen LogP contribution is -2.46. The first-order valence-corrected chi connectivity index (χ1v) is 33.1. The molecule has 6 heterocycles. The van der Waals surface area contributed by atoms with Gasteiger partial charge in [-0.1, -0.05) is 90.5 Å². The number of aromatic nitrogens is 3.